The van der Waals surface area contributed by atoms with Gasteiger partial charge in [-0.25, -0.2) is 0 Å². The van der Waals surface area contributed by atoms with Gasteiger partial charge in [0.25, 0.3) is 0 Å². The average molecular weight is 489 g/mol. The summed E-state index contributed by atoms with van der Waals surface area (Å²) in [6, 6.07) is 9.44. The maximum absolute atomic E-state index is 13.5. The predicted octanol–water partition coefficient (Wildman–Crippen LogP) is 3.54. The number of amides is 1. The lowest BCUT2D eigenvalue weighted by Gasteiger charge is -2.37. The lowest BCUT2D eigenvalue weighted by molar-refractivity contribution is -0.136. The number of methoxy groups -OCH3 is 2. The van der Waals surface area contributed by atoms with E-state index in [-0.39, 0.29) is 18.5 Å². The molecule has 0 saturated carbocycles. The first-order chi connectivity index (χ1) is 16.5. The number of thiophene rings is 1. The van der Waals surface area contributed by atoms with Crippen LogP contribution in [0, 0.1) is 0 Å². The van der Waals surface area contributed by atoms with Crippen molar-refractivity contribution in [2.45, 2.75) is 31.4 Å². The largest absolute Gasteiger partial charge is 0.497 e. The van der Waals surface area contributed by atoms with E-state index in [9.17, 15) is 9.90 Å². The van der Waals surface area contributed by atoms with Crippen LogP contribution in [0.4, 0.5) is 0 Å². The van der Waals surface area contributed by atoms with Gasteiger partial charge in [0.2, 0.25) is 5.91 Å². The number of rotatable bonds is 14. The molecule has 1 amide bonds. The van der Waals surface area contributed by atoms with E-state index in [0.29, 0.717) is 45.0 Å². The minimum atomic E-state index is -0.514. The van der Waals surface area contributed by atoms with Crippen LogP contribution in [0.15, 0.2) is 48.4 Å². The Balaban J connectivity index is 1.70. The van der Waals surface area contributed by atoms with Gasteiger partial charge in [-0.15, -0.1) is 17.9 Å². The van der Waals surface area contributed by atoms with Crippen molar-refractivity contribution in [3.05, 3.63) is 58.8 Å². The van der Waals surface area contributed by atoms with Crippen molar-refractivity contribution >= 4 is 17.2 Å². The number of benzene rings is 1. The molecular formula is C26H36N2O5S. The van der Waals surface area contributed by atoms with Crippen LogP contribution in [0.5, 0.6) is 11.5 Å². The van der Waals surface area contributed by atoms with Gasteiger partial charge in [0, 0.05) is 37.7 Å². The summed E-state index contributed by atoms with van der Waals surface area (Å²) < 4.78 is 16.7. The highest BCUT2D eigenvalue weighted by atomic mass is 32.1. The zero-order valence-corrected chi connectivity index (χ0v) is 21.0. The summed E-state index contributed by atoms with van der Waals surface area (Å²) >= 11 is 1.73. The molecular weight excluding hydrogens is 452 g/mol. The zero-order chi connectivity index (χ0) is 24.3. The molecule has 34 heavy (non-hydrogen) atoms. The SMILES string of the molecule is C=CCC[C@@H](O)CN(CCOC)CC(=O)N1CCc2sccc2[C@H]1COc1cccc(OC)c1. The number of hydrogen-bond acceptors (Lipinski definition) is 7. The summed E-state index contributed by atoms with van der Waals surface area (Å²) in [6.07, 6.45) is 3.49. The highest BCUT2D eigenvalue weighted by Gasteiger charge is 2.33. The second kappa shape index (κ2) is 13.5. The van der Waals surface area contributed by atoms with Crippen LogP contribution in [0.1, 0.15) is 29.3 Å². The number of carbonyl (C=O) groups excluding carboxylic acids is 1. The Morgan fingerprint density at radius 1 is 1.35 bits per heavy atom. The fourth-order valence-corrected chi connectivity index (χ4v) is 5.11. The van der Waals surface area contributed by atoms with Crippen molar-refractivity contribution in [2.24, 2.45) is 0 Å². The minimum absolute atomic E-state index is 0.0307. The molecule has 2 atom stereocenters. The molecule has 1 aliphatic heterocycles. The standard InChI is InChI=1S/C26H36N2O5S/c1-4-5-7-20(29)17-27(13-14-31-2)18-26(30)28-12-10-25-23(11-15-34-25)24(28)19-33-22-9-6-8-21(16-22)32-3/h4,6,8-9,11,15-16,20,24,29H,1,5,7,10,12-14,17-19H2,2-3H3/t20-,24-/m1/s1. The molecule has 1 aromatic heterocycles. The van der Waals surface area contributed by atoms with E-state index in [0.717, 1.165) is 24.2 Å². The zero-order valence-electron chi connectivity index (χ0n) is 20.2. The van der Waals surface area contributed by atoms with E-state index in [1.165, 1.54) is 4.88 Å². The Hall–Kier alpha value is -2.39. The second-order valence-electron chi connectivity index (χ2n) is 8.39. The van der Waals surface area contributed by atoms with E-state index >= 15 is 0 Å². The molecule has 0 saturated heterocycles. The van der Waals surface area contributed by atoms with Gasteiger partial charge in [0.15, 0.2) is 0 Å². The topological polar surface area (TPSA) is 71.5 Å². The molecule has 0 bridgehead atoms. The monoisotopic (exact) mass is 488 g/mol. The fraction of sp³-hybridized carbons (Fsp3) is 0.500. The quantitative estimate of drug-likeness (QED) is 0.410. The number of carbonyl (C=O) groups is 1. The van der Waals surface area contributed by atoms with Gasteiger partial charge in [0.1, 0.15) is 18.1 Å². The van der Waals surface area contributed by atoms with Crippen LogP contribution in [-0.4, -0.2) is 80.5 Å². The van der Waals surface area contributed by atoms with Gasteiger partial charge < -0.3 is 24.2 Å². The number of aliphatic hydroxyl groups is 1. The van der Waals surface area contributed by atoms with Crippen molar-refractivity contribution < 1.29 is 24.1 Å². The summed E-state index contributed by atoms with van der Waals surface area (Å²) in [7, 11) is 3.27. The summed E-state index contributed by atoms with van der Waals surface area (Å²) in [6.45, 7) is 6.46. The predicted molar refractivity (Wildman–Crippen MR) is 135 cm³/mol. The number of hydrogen-bond donors (Lipinski definition) is 1. The van der Waals surface area contributed by atoms with Gasteiger partial charge in [-0.05, 0) is 48.4 Å². The fourth-order valence-electron chi connectivity index (χ4n) is 4.18. The number of nitrogens with zero attached hydrogens (tertiary/aromatic N) is 2. The van der Waals surface area contributed by atoms with E-state index in [1.807, 2.05) is 34.1 Å². The molecule has 0 spiro atoms. The number of fused-ring (bicyclic) bond motifs is 1. The van der Waals surface area contributed by atoms with Gasteiger partial charge in [-0.2, -0.15) is 0 Å². The molecule has 0 fully saturated rings. The van der Waals surface area contributed by atoms with E-state index < -0.39 is 6.10 Å². The third-order valence-electron chi connectivity index (χ3n) is 6.01. The van der Waals surface area contributed by atoms with Gasteiger partial charge in [0.05, 0.1) is 32.4 Å². The molecule has 1 aliphatic rings. The van der Waals surface area contributed by atoms with Crippen molar-refractivity contribution in [3.63, 3.8) is 0 Å². The first-order valence-corrected chi connectivity index (χ1v) is 12.6. The maximum Gasteiger partial charge on any atom is 0.237 e. The molecule has 3 rings (SSSR count). The van der Waals surface area contributed by atoms with Crippen LogP contribution in [0.2, 0.25) is 0 Å². The van der Waals surface area contributed by atoms with Crippen molar-refractivity contribution in [1.82, 2.24) is 9.80 Å². The Morgan fingerprint density at radius 2 is 2.18 bits per heavy atom. The molecule has 1 N–H and O–H groups in total. The molecule has 0 aliphatic carbocycles. The normalized spacial score (nSPS) is 16.2. The summed E-state index contributed by atoms with van der Waals surface area (Å²) in [5.41, 5.74) is 1.15. The first-order valence-electron chi connectivity index (χ1n) is 11.7. The second-order valence-corrected chi connectivity index (χ2v) is 9.39. The van der Waals surface area contributed by atoms with Crippen LogP contribution >= 0.6 is 11.3 Å². The Labute approximate surface area is 206 Å². The number of aliphatic hydroxyl groups excluding tert-OH is 1. The van der Waals surface area contributed by atoms with E-state index in [2.05, 4.69) is 18.0 Å². The van der Waals surface area contributed by atoms with Crippen LogP contribution in [0.3, 0.4) is 0 Å². The molecule has 1 aromatic carbocycles. The molecule has 2 aromatic rings. The lowest BCUT2D eigenvalue weighted by Crippen LogP contribution is -2.48. The van der Waals surface area contributed by atoms with E-state index in [4.69, 9.17) is 14.2 Å². The lowest BCUT2D eigenvalue weighted by atomic mass is 10.0. The highest BCUT2D eigenvalue weighted by molar-refractivity contribution is 7.10. The first kappa shape index (κ1) is 26.2. The molecule has 7 nitrogen and oxygen atoms in total. The smallest absolute Gasteiger partial charge is 0.237 e. The van der Waals surface area contributed by atoms with E-state index in [1.54, 1.807) is 31.6 Å². The number of allylic oxidation sites excluding steroid dienone is 1. The van der Waals surface area contributed by atoms with Crippen molar-refractivity contribution in [2.75, 3.05) is 53.6 Å². The van der Waals surface area contributed by atoms with Crippen LogP contribution in [0.25, 0.3) is 0 Å². The van der Waals surface area contributed by atoms with Crippen molar-refractivity contribution in [1.29, 1.82) is 0 Å². The molecule has 0 radical (unpaired) electrons. The third-order valence-corrected chi connectivity index (χ3v) is 7.00. The minimum Gasteiger partial charge on any atom is -0.497 e. The van der Waals surface area contributed by atoms with Crippen LogP contribution < -0.4 is 9.47 Å². The summed E-state index contributed by atoms with van der Waals surface area (Å²) in [5, 5.41) is 12.5. The van der Waals surface area contributed by atoms with Gasteiger partial charge in [-0.3, -0.25) is 9.69 Å². The third kappa shape index (κ3) is 7.30. The van der Waals surface area contributed by atoms with Gasteiger partial charge in [-0.1, -0.05) is 12.1 Å². The molecule has 8 heteroatoms. The summed E-state index contributed by atoms with van der Waals surface area (Å²) in [4.78, 5) is 18.7. The number of ether oxygens (including phenoxy) is 3. The maximum atomic E-state index is 13.5. The molecule has 186 valence electrons. The highest BCUT2D eigenvalue weighted by Crippen LogP contribution is 2.34. The Morgan fingerprint density at radius 3 is 2.94 bits per heavy atom. The Bertz CT molecular complexity index is 918. The Kier molecular flexibility index (Phi) is 10.4. The molecule has 0 unspecified atom stereocenters. The van der Waals surface area contributed by atoms with Crippen LogP contribution in [-0.2, 0) is 16.0 Å². The average Bonchev–Trinajstić information content (AvgIpc) is 3.33. The van der Waals surface area contributed by atoms with Gasteiger partial charge >= 0.3 is 0 Å². The summed E-state index contributed by atoms with van der Waals surface area (Å²) in [5.74, 6) is 1.47. The van der Waals surface area contributed by atoms with Crippen molar-refractivity contribution in [3.8, 4) is 11.5 Å². The molecule has 2 heterocycles.